The molecular weight excluding hydrogens is 396 g/mol. The van der Waals surface area contributed by atoms with Gasteiger partial charge in [-0.25, -0.2) is 0 Å². The summed E-state index contributed by atoms with van der Waals surface area (Å²) in [6.45, 7) is 2.21. The van der Waals surface area contributed by atoms with E-state index in [2.05, 4.69) is 5.32 Å². The molecule has 3 rings (SSSR count). The van der Waals surface area contributed by atoms with Crippen LogP contribution in [0.3, 0.4) is 0 Å². The Morgan fingerprint density at radius 2 is 1.83 bits per heavy atom. The van der Waals surface area contributed by atoms with Gasteiger partial charge in [0.25, 0.3) is 11.8 Å². The molecule has 10 nitrogen and oxygen atoms in total. The quantitative estimate of drug-likeness (QED) is 0.633. The van der Waals surface area contributed by atoms with Crippen LogP contribution in [0.1, 0.15) is 30.1 Å². The van der Waals surface area contributed by atoms with Gasteiger partial charge in [-0.3, -0.25) is 19.2 Å². The maximum absolute atomic E-state index is 12.2. The van der Waals surface area contributed by atoms with Gasteiger partial charge in [0.15, 0.2) is 18.1 Å². The second-order valence-electron chi connectivity index (χ2n) is 6.82. The van der Waals surface area contributed by atoms with Crippen LogP contribution in [0.2, 0.25) is 0 Å². The Bertz CT molecular complexity index is 817. The first kappa shape index (κ1) is 21.4. The Balaban J connectivity index is 1.36. The van der Waals surface area contributed by atoms with Crippen molar-refractivity contribution in [1.82, 2.24) is 10.2 Å². The molecule has 10 heteroatoms. The molecule has 0 aromatic heterocycles. The number of nitrogens with zero attached hydrogens (tertiary/aromatic N) is 1. The summed E-state index contributed by atoms with van der Waals surface area (Å²) in [5.74, 6) is -0.972. The number of likely N-dealkylation sites (tertiary alicyclic amines) is 1. The number of nitrogens with one attached hydrogen (secondary N) is 1. The van der Waals surface area contributed by atoms with Crippen molar-refractivity contribution in [3.05, 3.63) is 23.8 Å². The molecule has 1 saturated heterocycles. The van der Waals surface area contributed by atoms with Gasteiger partial charge in [0, 0.05) is 18.7 Å². The van der Waals surface area contributed by atoms with E-state index in [4.69, 9.17) is 18.9 Å². The number of rotatable bonds is 7. The molecule has 0 atom stereocenters. The number of ether oxygens (including phenoxy) is 4. The van der Waals surface area contributed by atoms with Crippen LogP contribution in [0.15, 0.2) is 18.2 Å². The van der Waals surface area contributed by atoms with Crippen molar-refractivity contribution < 1.29 is 38.1 Å². The van der Waals surface area contributed by atoms with E-state index < -0.39 is 18.5 Å². The van der Waals surface area contributed by atoms with E-state index in [1.54, 1.807) is 24.0 Å². The lowest BCUT2D eigenvalue weighted by atomic mass is 9.97. The zero-order valence-electron chi connectivity index (χ0n) is 16.7. The number of amides is 2. The van der Waals surface area contributed by atoms with Crippen LogP contribution in [0.4, 0.5) is 0 Å². The Hall–Kier alpha value is -3.30. The van der Waals surface area contributed by atoms with Gasteiger partial charge >= 0.3 is 11.9 Å². The Kier molecular flexibility index (Phi) is 7.10. The molecule has 0 spiro atoms. The van der Waals surface area contributed by atoms with E-state index in [0.717, 1.165) is 0 Å². The molecule has 0 unspecified atom stereocenters. The molecule has 1 fully saturated rings. The fourth-order valence-electron chi connectivity index (χ4n) is 3.20. The standard InChI is InChI=1S/C20H24N2O8/c1-2-27-20(26)13-5-7-22(8-6-13)17(23)11-28-18(24)10-21-19(25)14-3-4-15-16(9-14)30-12-29-15/h3-4,9,13H,2,5-8,10-12H2,1H3,(H,21,25). The largest absolute Gasteiger partial charge is 0.466 e. The van der Waals surface area contributed by atoms with Gasteiger partial charge in [0.05, 0.1) is 12.5 Å². The number of carbonyl (C=O) groups is 4. The fourth-order valence-corrected chi connectivity index (χ4v) is 3.20. The molecule has 2 aliphatic rings. The average molecular weight is 420 g/mol. The first-order valence-electron chi connectivity index (χ1n) is 9.75. The molecule has 0 radical (unpaired) electrons. The maximum Gasteiger partial charge on any atom is 0.325 e. The lowest BCUT2D eigenvalue weighted by Gasteiger charge is -2.30. The van der Waals surface area contributed by atoms with Crippen molar-refractivity contribution in [3.8, 4) is 11.5 Å². The Morgan fingerprint density at radius 3 is 2.57 bits per heavy atom. The van der Waals surface area contributed by atoms with E-state index in [1.165, 1.54) is 6.07 Å². The third-order valence-electron chi connectivity index (χ3n) is 4.85. The third kappa shape index (κ3) is 5.40. The van der Waals surface area contributed by atoms with Crippen molar-refractivity contribution in [2.45, 2.75) is 19.8 Å². The van der Waals surface area contributed by atoms with Crippen molar-refractivity contribution in [1.29, 1.82) is 0 Å². The van der Waals surface area contributed by atoms with Crippen molar-refractivity contribution in [2.75, 3.05) is 39.6 Å². The number of fused-ring (bicyclic) bond motifs is 1. The Labute approximate surface area is 173 Å². The minimum Gasteiger partial charge on any atom is -0.466 e. The van der Waals surface area contributed by atoms with Crippen LogP contribution in [-0.2, 0) is 23.9 Å². The first-order chi connectivity index (χ1) is 14.5. The summed E-state index contributed by atoms with van der Waals surface area (Å²) in [6.07, 6.45) is 1.04. The molecule has 1 aromatic carbocycles. The topological polar surface area (TPSA) is 120 Å². The van der Waals surface area contributed by atoms with Gasteiger partial charge in [-0.15, -0.1) is 0 Å². The molecule has 0 aliphatic carbocycles. The van der Waals surface area contributed by atoms with Crippen molar-refractivity contribution in [3.63, 3.8) is 0 Å². The van der Waals surface area contributed by atoms with E-state index in [9.17, 15) is 19.2 Å². The highest BCUT2D eigenvalue weighted by molar-refractivity contribution is 5.96. The van der Waals surface area contributed by atoms with Crippen LogP contribution in [0, 0.1) is 5.92 Å². The molecule has 2 aliphatic heterocycles. The maximum atomic E-state index is 12.2. The monoisotopic (exact) mass is 420 g/mol. The number of hydrogen-bond donors (Lipinski definition) is 1. The fraction of sp³-hybridized carbons (Fsp3) is 0.500. The molecule has 2 heterocycles. The molecular formula is C20H24N2O8. The molecule has 0 saturated carbocycles. The summed E-state index contributed by atoms with van der Waals surface area (Å²) in [5, 5.41) is 2.44. The van der Waals surface area contributed by atoms with Gasteiger partial charge in [0.2, 0.25) is 6.79 Å². The molecule has 2 amide bonds. The summed E-state index contributed by atoms with van der Waals surface area (Å²) >= 11 is 0. The molecule has 30 heavy (non-hydrogen) atoms. The molecule has 0 bridgehead atoms. The van der Waals surface area contributed by atoms with Gasteiger partial charge in [0.1, 0.15) is 6.54 Å². The van der Waals surface area contributed by atoms with Gasteiger partial charge < -0.3 is 29.2 Å². The highest BCUT2D eigenvalue weighted by Crippen LogP contribution is 2.32. The zero-order chi connectivity index (χ0) is 21.5. The van der Waals surface area contributed by atoms with Gasteiger partial charge in [-0.05, 0) is 38.0 Å². The van der Waals surface area contributed by atoms with Crippen molar-refractivity contribution in [2.24, 2.45) is 5.92 Å². The highest BCUT2D eigenvalue weighted by atomic mass is 16.7. The zero-order valence-corrected chi connectivity index (χ0v) is 16.7. The smallest absolute Gasteiger partial charge is 0.325 e. The second-order valence-corrected chi connectivity index (χ2v) is 6.82. The summed E-state index contributed by atoms with van der Waals surface area (Å²) < 4.78 is 20.3. The average Bonchev–Trinajstić information content (AvgIpc) is 3.24. The van der Waals surface area contributed by atoms with Crippen molar-refractivity contribution >= 4 is 23.8 Å². The van der Waals surface area contributed by atoms with E-state index in [1.807, 2.05) is 0 Å². The van der Waals surface area contributed by atoms with E-state index in [0.29, 0.717) is 49.6 Å². The molecule has 1 N–H and O–H groups in total. The first-order valence-corrected chi connectivity index (χ1v) is 9.75. The number of hydrogen-bond acceptors (Lipinski definition) is 8. The summed E-state index contributed by atoms with van der Waals surface area (Å²) in [5.41, 5.74) is 0.313. The van der Waals surface area contributed by atoms with Crippen LogP contribution in [-0.4, -0.2) is 68.3 Å². The molecule has 1 aromatic rings. The number of benzene rings is 1. The van der Waals surface area contributed by atoms with Crippen LogP contribution in [0.5, 0.6) is 11.5 Å². The van der Waals surface area contributed by atoms with E-state index >= 15 is 0 Å². The summed E-state index contributed by atoms with van der Waals surface area (Å²) in [6, 6.07) is 4.68. The van der Waals surface area contributed by atoms with Crippen LogP contribution < -0.4 is 14.8 Å². The minimum absolute atomic E-state index is 0.0985. The van der Waals surface area contributed by atoms with Gasteiger partial charge in [-0.1, -0.05) is 0 Å². The predicted octanol–water partition coefficient (Wildman–Crippen LogP) is 0.490. The highest BCUT2D eigenvalue weighted by Gasteiger charge is 2.28. The normalized spacial score (nSPS) is 15.4. The van der Waals surface area contributed by atoms with Gasteiger partial charge in [-0.2, -0.15) is 0 Å². The lowest BCUT2D eigenvalue weighted by Crippen LogP contribution is -2.43. The molecule has 162 valence electrons. The number of piperidine rings is 1. The Morgan fingerprint density at radius 1 is 1.10 bits per heavy atom. The third-order valence-corrected chi connectivity index (χ3v) is 4.85. The second kappa shape index (κ2) is 9.95. The summed E-state index contributed by atoms with van der Waals surface area (Å²) in [7, 11) is 0. The van der Waals surface area contributed by atoms with Crippen LogP contribution >= 0.6 is 0 Å². The SMILES string of the molecule is CCOC(=O)C1CCN(C(=O)COC(=O)CNC(=O)c2ccc3c(c2)OCO3)CC1. The van der Waals surface area contributed by atoms with Crippen LogP contribution in [0.25, 0.3) is 0 Å². The predicted molar refractivity (Wildman–Crippen MR) is 102 cm³/mol. The number of carbonyl (C=O) groups excluding carboxylic acids is 4. The van der Waals surface area contributed by atoms with E-state index in [-0.39, 0.29) is 31.1 Å². The summed E-state index contributed by atoms with van der Waals surface area (Å²) in [4.78, 5) is 49.5. The number of esters is 2. The lowest BCUT2D eigenvalue weighted by molar-refractivity contribution is -0.154. The minimum atomic E-state index is -0.723.